The number of rotatable bonds is 5. The van der Waals surface area contributed by atoms with Gasteiger partial charge in [-0.05, 0) is 24.0 Å². The molecule has 0 bridgehead atoms. The summed E-state index contributed by atoms with van der Waals surface area (Å²) < 4.78 is 24.6. The first kappa shape index (κ1) is 20.7. The SMILES string of the molecule is CS(=O)(=O)N1CCC(C(=O)Nc2nc(-c3ccc(-c4ccccc4)cc3)cs2)CC1. The van der Waals surface area contributed by atoms with Crippen molar-refractivity contribution in [3.05, 3.63) is 60.0 Å². The van der Waals surface area contributed by atoms with Gasteiger partial charge in [0.1, 0.15) is 0 Å². The van der Waals surface area contributed by atoms with Crippen molar-refractivity contribution in [3.63, 3.8) is 0 Å². The standard InChI is InChI=1S/C22H23N3O3S2/c1-30(27,28)25-13-11-19(12-14-25)21(26)24-22-23-20(15-29-22)18-9-7-17(8-10-18)16-5-3-2-4-6-16/h2-10,15,19H,11-14H2,1H3,(H,23,24,26). The normalized spacial score (nSPS) is 15.8. The van der Waals surface area contributed by atoms with Gasteiger partial charge in [-0.1, -0.05) is 54.6 Å². The number of anilines is 1. The van der Waals surface area contributed by atoms with Crippen LogP contribution in [0, 0.1) is 5.92 Å². The maximum absolute atomic E-state index is 12.6. The second-order valence-electron chi connectivity index (χ2n) is 7.41. The van der Waals surface area contributed by atoms with E-state index < -0.39 is 10.0 Å². The largest absolute Gasteiger partial charge is 0.302 e. The summed E-state index contributed by atoms with van der Waals surface area (Å²) in [5.74, 6) is -0.288. The van der Waals surface area contributed by atoms with Crippen LogP contribution in [0.3, 0.4) is 0 Å². The summed E-state index contributed by atoms with van der Waals surface area (Å²) in [5.41, 5.74) is 4.12. The summed E-state index contributed by atoms with van der Waals surface area (Å²) in [7, 11) is -3.19. The molecule has 4 rings (SSSR count). The Bertz CT molecular complexity index is 1120. The lowest BCUT2D eigenvalue weighted by atomic mass is 9.97. The zero-order valence-corrected chi connectivity index (χ0v) is 18.2. The Morgan fingerprint density at radius 1 is 1.00 bits per heavy atom. The van der Waals surface area contributed by atoms with Gasteiger partial charge >= 0.3 is 0 Å². The van der Waals surface area contributed by atoms with E-state index in [-0.39, 0.29) is 11.8 Å². The number of aromatic nitrogens is 1. The molecule has 3 aromatic rings. The van der Waals surface area contributed by atoms with Gasteiger partial charge in [-0.15, -0.1) is 11.3 Å². The van der Waals surface area contributed by atoms with E-state index in [9.17, 15) is 13.2 Å². The zero-order valence-electron chi connectivity index (χ0n) is 16.6. The van der Waals surface area contributed by atoms with E-state index in [4.69, 9.17) is 0 Å². The van der Waals surface area contributed by atoms with Gasteiger partial charge < -0.3 is 5.32 Å². The first-order valence-corrected chi connectivity index (χ1v) is 12.5. The number of piperidine rings is 1. The van der Waals surface area contributed by atoms with E-state index in [0.717, 1.165) is 22.4 Å². The summed E-state index contributed by atoms with van der Waals surface area (Å²) in [6, 6.07) is 18.4. The van der Waals surface area contributed by atoms with Crippen LogP contribution < -0.4 is 5.32 Å². The number of thiazole rings is 1. The van der Waals surface area contributed by atoms with Crippen LogP contribution in [0.25, 0.3) is 22.4 Å². The number of hydrogen-bond acceptors (Lipinski definition) is 5. The molecule has 0 radical (unpaired) electrons. The first-order valence-electron chi connectivity index (χ1n) is 9.77. The molecule has 0 aliphatic carbocycles. The van der Waals surface area contributed by atoms with Crippen LogP contribution in [0.1, 0.15) is 12.8 Å². The fourth-order valence-corrected chi connectivity index (χ4v) is 5.18. The maximum Gasteiger partial charge on any atom is 0.229 e. The highest BCUT2D eigenvalue weighted by molar-refractivity contribution is 7.88. The molecule has 30 heavy (non-hydrogen) atoms. The third-order valence-corrected chi connectivity index (χ3v) is 7.38. The number of nitrogens with zero attached hydrogens (tertiary/aromatic N) is 2. The van der Waals surface area contributed by atoms with Crippen molar-refractivity contribution in [1.29, 1.82) is 0 Å². The second kappa shape index (κ2) is 8.67. The number of amides is 1. The van der Waals surface area contributed by atoms with Gasteiger partial charge in [0, 0.05) is 30.0 Å². The molecule has 2 aromatic carbocycles. The van der Waals surface area contributed by atoms with Crippen LogP contribution in [-0.2, 0) is 14.8 Å². The van der Waals surface area contributed by atoms with E-state index in [0.29, 0.717) is 31.1 Å². The molecule has 1 saturated heterocycles. The van der Waals surface area contributed by atoms with Crippen molar-refractivity contribution in [2.45, 2.75) is 12.8 Å². The van der Waals surface area contributed by atoms with E-state index in [1.807, 2.05) is 35.7 Å². The van der Waals surface area contributed by atoms with Crippen LogP contribution in [-0.4, -0.2) is 43.0 Å². The minimum Gasteiger partial charge on any atom is -0.302 e. The molecule has 0 spiro atoms. The van der Waals surface area contributed by atoms with Crippen molar-refractivity contribution >= 4 is 32.4 Å². The van der Waals surface area contributed by atoms with Crippen molar-refractivity contribution in [2.24, 2.45) is 5.92 Å². The van der Waals surface area contributed by atoms with Gasteiger partial charge in [0.25, 0.3) is 0 Å². The molecule has 1 N–H and O–H groups in total. The van der Waals surface area contributed by atoms with E-state index in [1.165, 1.54) is 21.9 Å². The van der Waals surface area contributed by atoms with Crippen molar-refractivity contribution in [1.82, 2.24) is 9.29 Å². The topological polar surface area (TPSA) is 79.4 Å². The van der Waals surface area contributed by atoms with Crippen LogP contribution in [0.15, 0.2) is 60.0 Å². The second-order valence-corrected chi connectivity index (χ2v) is 10.2. The fourth-order valence-electron chi connectivity index (χ4n) is 3.58. The minimum atomic E-state index is -3.19. The van der Waals surface area contributed by atoms with Crippen molar-refractivity contribution in [3.8, 4) is 22.4 Å². The van der Waals surface area contributed by atoms with Gasteiger partial charge in [-0.2, -0.15) is 0 Å². The summed E-state index contributed by atoms with van der Waals surface area (Å²) in [4.78, 5) is 17.1. The molecule has 1 aliphatic rings. The lowest BCUT2D eigenvalue weighted by molar-refractivity contribution is -0.120. The molecule has 1 aromatic heterocycles. The highest BCUT2D eigenvalue weighted by Crippen LogP contribution is 2.28. The Hall–Kier alpha value is -2.55. The third kappa shape index (κ3) is 4.77. The van der Waals surface area contributed by atoms with E-state index >= 15 is 0 Å². The molecule has 0 atom stereocenters. The Morgan fingerprint density at radius 2 is 1.60 bits per heavy atom. The average Bonchev–Trinajstić information content (AvgIpc) is 3.22. The molecule has 0 unspecified atom stereocenters. The number of carbonyl (C=O) groups is 1. The summed E-state index contributed by atoms with van der Waals surface area (Å²) in [6.45, 7) is 0.765. The van der Waals surface area contributed by atoms with Crippen LogP contribution in [0.2, 0.25) is 0 Å². The summed E-state index contributed by atoms with van der Waals surface area (Å²) in [5, 5.41) is 5.39. The molecular formula is C22H23N3O3S2. The van der Waals surface area contributed by atoms with Gasteiger partial charge in [-0.25, -0.2) is 17.7 Å². The van der Waals surface area contributed by atoms with Crippen LogP contribution in [0.5, 0.6) is 0 Å². The Morgan fingerprint density at radius 3 is 2.23 bits per heavy atom. The third-order valence-electron chi connectivity index (χ3n) is 5.32. The molecule has 8 heteroatoms. The van der Waals surface area contributed by atoms with Crippen molar-refractivity contribution in [2.75, 3.05) is 24.7 Å². The monoisotopic (exact) mass is 441 g/mol. The molecular weight excluding hydrogens is 418 g/mol. The average molecular weight is 442 g/mol. The molecule has 1 aliphatic heterocycles. The number of carbonyl (C=O) groups excluding carboxylic acids is 1. The molecule has 1 amide bonds. The van der Waals surface area contributed by atoms with Crippen LogP contribution >= 0.6 is 11.3 Å². The predicted molar refractivity (Wildman–Crippen MR) is 121 cm³/mol. The predicted octanol–water partition coefficient (Wildman–Crippen LogP) is 4.09. The Labute approximate surface area is 180 Å². The number of benzene rings is 2. The van der Waals surface area contributed by atoms with E-state index in [1.54, 1.807) is 0 Å². The fraction of sp³-hybridized carbons (Fsp3) is 0.273. The molecule has 6 nitrogen and oxygen atoms in total. The minimum absolute atomic E-state index is 0.0940. The van der Waals surface area contributed by atoms with Crippen LogP contribution in [0.4, 0.5) is 5.13 Å². The smallest absolute Gasteiger partial charge is 0.229 e. The maximum atomic E-state index is 12.6. The van der Waals surface area contributed by atoms with E-state index in [2.05, 4.69) is 34.6 Å². The van der Waals surface area contributed by atoms with Gasteiger partial charge in [0.2, 0.25) is 15.9 Å². The zero-order chi connectivity index (χ0) is 21.1. The first-order chi connectivity index (χ1) is 14.4. The van der Waals surface area contributed by atoms with Gasteiger partial charge in [0.15, 0.2) is 5.13 Å². The molecule has 2 heterocycles. The number of sulfonamides is 1. The Balaban J connectivity index is 1.38. The molecule has 0 saturated carbocycles. The van der Waals surface area contributed by atoms with Gasteiger partial charge in [-0.3, -0.25) is 4.79 Å². The summed E-state index contributed by atoms with van der Waals surface area (Å²) in [6.07, 6.45) is 2.26. The quantitative estimate of drug-likeness (QED) is 0.647. The number of hydrogen-bond donors (Lipinski definition) is 1. The highest BCUT2D eigenvalue weighted by Gasteiger charge is 2.29. The highest BCUT2D eigenvalue weighted by atomic mass is 32.2. The summed E-state index contributed by atoms with van der Waals surface area (Å²) >= 11 is 1.39. The Kier molecular flexibility index (Phi) is 5.99. The van der Waals surface area contributed by atoms with Crippen molar-refractivity contribution < 1.29 is 13.2 Å². The lowest BCUT2D eigenvalue weighted by Gasteiger charge is -2.29. The molecule has 156 valence electrons. The molecule has 1 fully saturated rings. The van der Waals surface area contributed by atoms with Gasteiger partial charge in [0.05, 0.1) is 11.9 Å². The lowest BCUT2D eigenvalue weighted by Crippen LogP contribution is -2.40. The number of nitrogens with one attached hydrogen (secondary N) is 1.